The summed E-state index contributed by atoms with van der Waals surface area (Å²) in [6, 6.07) is 1.44. The molecule has 94 valence electrons. The summed E-state index contributed by atoms with van der Waals surface area (Å²) in [5.41, 5.74) is 0.548. The summed E-state index contributed by atoms with van der Waals surface area (Å²) in [6.45, 7) is 1.69. The molecule has 2 aromatic rings. The Hall–Kier alpha value is -1.80. The van der Waals surface area contributed by atoms with E-state index < -0.39 is 0 Å². The molecular weight excluding hydrogens is 278 g/mol. The van der Waals surface area contributed by atoms with Crippen molar-refractivity contribution in [3.63, 3.8) is 0 Å². The van der Waals surface area contributed by atoms with Crippen LogP contribution in [0.25, 0.3) is 0 Å². The van der Waals surface area contributed by atoms with Gasteiger partial charge in [-0.2, -0.15) is 4.98 Å². The van der Waals surface area contributed by atoms with Crippen molar-refractivity contribution < 1.29 is 9.53 Å². The van der Waals surface area contributed by atoms with E-state index in [1.165, 1.54) is 13.2 Å². The number of anilines is 1. The number of halogens is 1. The Labute approximate surface area is 111 Å². The molecule has 0 atom stereocenters. The predicted molar refractivity (Wildman–Crippen MR) is 66.2 cm³/mol. The third-order valence-corrected chi connectivity index (χ3v) is 2.98. The molecule has 9 heteroatoms. The fraction of sp³-hybridized carbons (Fsp3) is 0.222. The number of carbonyl (C=O) groups excluding carboxylic acids is 1. The van der Waals surface area contributed by atoms with Crippen LogP contribution in [0.2, 0.25) is 5.15 Å². The van der Waals surface area contributed by atoms with Gasteiger partial charge >= 0.3 is 0 Å². The summed E-state index contributed by atoms with van der Waals surface area (Å²) in [5.74, 6) is -0.0478. The van der Waals surface area contributed by atoms with Gasteiger partial charge in [0.15, 0.2) is 0 Å². The fourth-order valence-electron chi connectivity index (χ4n) is 1.16. The van der Waals surface area contributed by atoms with Crippen LogP contribution in [0.1, 0.15) is 15.4 Å². The van der Waals surface area contributed by atoms with E-state index in [0.717, 1.165) is 11.5 Å². The Morgan fingerprint density at radius 2 is 2.28 bits per heavy atom. The quantitative estimate of drug-likeness (QED) is 0.861. The van der Waals surface area contributed by atoms with E-state index in [9.17, 15) is 4.79 Å². The molecule has 0 saturated carbocycles. The van der Waals surface area contributed by atoms with Gasteiger partial charge in [0.2, 0.25) is 11.8 Å². The Balaban J connectivity index is 2.22. The van der Waals surface area contributed by atoms with E-state index in [1.54, 1.807) is 6.92 Å². The number of nitrogens with one attached hydrogen (secondary N) is 1. The van der Waals surface area contributed by atoms with Crippen LogP contribution in [0.5, 0.6) is 5.88 Å². The third kappa shape index (κ3) is 2.71. The molecule has 0 aliphatic heterocycles. The molecule has 2 rings (SSSR count). The Morgan fingerprint density at radius 3 is 2.89 bits per heavy atom. The van der Waals surface area contributed by atoms with Gasteiger partial charge in [0.05, 0.1) is 12.8 Å². The van der Waals surface area contributed by atoms with E-state index in [-0.39, 0.29) is 22.9 Å². The molecule has 2 heterocycles. The molecule has 0 aliphatic carbocycles. The minimum Gasteiger partial charge on any atom is -0.481 e. The highest BCUT2D eigenvalue weighted by Crippen LogP contribution is 2.17. The standard InChI is InChI=1S/C9H8ClN5O2S/c1-4-7(18-15-14-4)8(16)13-9-11-5(10)3-6(12-9)17-2/h3H,1-2H3,(H,11,12,13,16). The second-order valence-corrected chi connectivity index (χ2v) is 4.34. The maximum Gasteiger partial charge on any atom is 0.271 e. The average molecular weight is 286 g/mol. The third-order valence-electron chi connectivity index (χ3n) is 1.96. The van der Waals surface area contributed by atoms with Crippen LogP contribution < -0.4 is 10.1 Å². The number of methoxy groups -OCH3 is 1. The van der Waals surface area contributed by atoms with Crippen LogP contribution >= 0.6 is 23.1 Å². The van der Waals surface area contributed by atoms with Crippen molar-refractivity contribution in [2.45, 2.75) is 6.92 Å². The highest BCUT2D eigenvalue weighted by Gasteiger charge is 2.15. The first-order valence-corrected chi connectivity index (χ1v) is 5.94. The minimum atomic E-state index is -0.383. The van der Waals surface area contributed by atoms with Gasteiger partial charge in [-0.15, -0.1) is 5.10 Å². The van der Waals surface area contributed by atoms with Gasteiger partial charge in [0.25, 0.3) is 5.91 Å². The van der Waals surface area contributed by atoms with E-state index in [1.807, 2.05) is 0 Å². The smallest absolute Gasteiger partial charge is 0.271 e. The van der Waals surface area contributed by atoms with Gasteiger partial charge in [-0.05, 0) is 18.5 Å². The average Bonchev–Trinajstić information content (AvgIpc) is 2.74. The molecule has 7 nitrogen and oxygen atoms in total. The van der Waals surface area contributed by atoms with Gasteiger partial charge in [0.1, 0.15) is 10.0 Å². The summed E-state index contributed by atoms with van der Waals surface area (Å²) < 4.78 is 8.60. The second kappa shape index (κ2) is 5.23. The molecule has 0 unspecified atom stereocenters. The fourth-order valence-corrected chi connectivity index (χ4v) is 1.88. The van der Waals surface area contributed by atoms with Crippen molar-refractivity contribution in [1.82, 2.24) is 19.6 Å². The number of hydrogen-bond donors (Lipinski definition) is 1. The number of nitrogens with zero attached hydrogens (tertiary/aromatic N) is 4. The van der Waals surface area contributed by atoms with E-state index in [4.69, 9.17) is 16.3 Å². The normalized spacial score (nSPS) is 10.2. The van der Waals surface area contributed by atoms with Crippen molar-refractivity contribution in [3.8, 4) is 5.88 Å². The van der Waals surface area contributed by atoms with Crippen LogP contribution in [0, 0.1) is 6.92 Å². The molecule has 0 saturated heterocycles. The maximum absolute atomic E-state index is 11.9. The van der Waals surface area contributed by atoms with Gasteiger partial charge in [-0.25, -0.2) is 4.98 Å². The Kier molecular flexibility index (Phi) is 3.68. The van der Waals surface area contributed by atoms with Gasteiger partial charge < -0.3 is 4.74 Å². The van der Waals surface area contributed by atoms with Gasteiger partial charge in [-0.3, -0.25) is 10.1 Å². The Morgan fingerprint density at radius 1 is 1.50 bits per heavy atom. The summed E-state index contributed by atoms with van der Waals surface area (Å²) in [7, 11) is 1.45. The number of hydrogen-bond acceptors (Lipinski definition) is 7. The molecule has 0 fully saturated rings. The SMILES string of the molecule is COc1cc(Cl)nc(NC(=O)c2snnc2C)n1. The maximum atomic E-state index is 11.9. The monoisotopic (exact) mass is 285 g/mol. The lowest BCUT2D eigenvalue weighted by Crippen LogP contribution is -2.14. The molecule has 0 aromatic carbocycles. The zero-order valence-corrected chi connectivity index (χ0v) is 11.0. The molecule has 0 spiro atoms. The zero-order valence-electron chi connectivity index (χ0n) is 9.47. The van der Waals surface area contributed by atoms with E-state index in [0.29, 0.717) is 10.6 Å². The van der Waals surface area contributed by atoms with Crippen molar-refractivity contribution in [2.24, 2.45) is 0 Å². The minimum absolute atomic E-state index is 0.0668. The molecule has 1 amide bonds. The molecule has 2 aromatic heterocycles. The summed E-state index contributed by atoms with van der Waals surface area (Å²) in [5, 5.41) is 6.43. The Bertz CT molecular complexity index is 588. The van der Waals surface area contributed by atoms with E-state index in [2.05, 4.69) is 24.9 Å². The van der Waals surface area contributed by atoms with Crippen LogP contribution in [0.15, 0.2) is 6.07 Å². The first kappa shape index (κ1) is 12.7. The van der Waals surface area contributed by atoms with Crippen LogP contribution in [-0.4, -0.2) is 32.6 Å². The first-order valence-electron chi connectivity index (χ1n) is 4.79. The molecular formula is C9H8ClN5O2S. The lowest BCUT2D eigenvalue weighted by atomic mass is 10.4. The number of carbonyl (C=O) groups is 1. The number of rotatable bonds is 3. The molecule has 18 heavy (non-hydrogen) atoms. The first-order chi connectivity index (χ1) is 8.60. The predicted octanol–water partition coefficient (Wildman–Crippen LogP) is 1.55. The number of amides is 1. The van der Waals surface area contributed by atoms with Crippen molar-refractivity contribution in [3.05, 3.63) is 21.8 Å². The summed E-state index contributed by atoms with van der Waals surface area (Å²) in [6.07, 6.45) is 0. The topological polar surface area (TPSA) is 89.9 Å². The summed E-state index contributed by atoms with van der Waals surface area (Å²) >= 11 is 6.76. The lowest BCUT2D eigenvalue weighted by Gasteiger charge is -2.04. The zero-order chi connectivity index (χ0) is 13.1. The highest BCUT2D eigenvalue weighted by molar-refractivity contribution is 7.08. The van der Waals surface area contributed by atoms with Crippen molar-refractivity contribution in [1.29, 1.82) is 0 Å². The molecule has 0 bridgehead atoms. The molecule has 1 N–H and O–H groups in total. The lowest BCUT2D eigenvalue weighted by molar-refractivity contribution is 0.102. The second-order valence-electron chi connectivity index (χ2n) is 3.20. The van der Waals surface area contributed by atoms with Crippen LogP contribution in [0.3, 0.4) is 0 Å². The van der Waals surface area contributed by atoms with E-state index >= 15 is 0 Å². The largest absolute Gasteiger partial charge is 0.481 e. The molecule has 0 aliphatic rings. The number of aryl methyl sites for hydroxylation is 1. The van der Waals surface area contributed by atoms with Crippen LogP contribution in [0.4, 0.5) is 5.95 Å². The van der Waals surface area contributed by atoms with Crippen LogP contribution in [-0.2, 0) is 0 Å². The van der Waals surface area contributed by atoms with Gasteiger partial charge in [-0.1, -0.05) is 16.1 Å². The van der Waals surface area contributed by atoms with Crippen molar-refractivity contribution in [2.75, 3.05) is 12.4 Å². The van der Waals surface area contributed by atoms with Gasteiger partial charge in [0, 0.05) is 6.07 Å². The van der Waals surface area contributed by atoms with Crippen molar-refractivity contribution >= 4 is 35.0 Å². The molecule has 0 radical (unpaired) electrons. The number of aromatic nitrogens is 4. The number of ether oxygens (including phenoxy) is 1. The summed E-state index contributed by atoms with van der Waals surface area (Å²) in [4.78, 5) is 20.1. The highest BCUT2D eigenvalue weighted by atomic mass is 35.5.